The van der Waals surface area contributed by atoms with E-state index in [0.29, 0.717) is 16.5 Å². The second-order valence-corrected chi connectivity index (χ2v) is 14.1. The number of fused-ring (bicyclic) bond motifs is 7. The molecule has 0 bridgehead atoms. The molecule has 0 heterocycles. The van der Waals surface area contributed by atoms with Crippen LogP contribution in [0.15, 0.2) is 133 Å². The monoisotopic (exact) mass is 734 g/mol. The molecule has 8 N–H and O–H groups in total. The molecule has 10 aromatic carbocycles. The Morgan fingerprint density at radius 3 is 1.36 bits per heavy atom. The van der Waals surface area contributed by atoms with Crippen molar-refractivity contribution in [1.82, 2.24) is 0 Å². The first-order chi connectivity index (χ1) is 27.1. The molecule has 0 amide bonds. The molecule has 0 saturated heterocycles. The van der Waals surface area contributed by atoms with E-state index in [1.54, 1.807) is 30.3 Å². The Kier molecular flexibility index (Phi) is 6.93. The lowest BCUT2D eigenvalue weighted by Crippen LogP contribution is -1.95. The van der Waals surface area contributed by atoms with Gasteiger partial charge < -0.3 is 40.9 Å². The third-order valence-corrected chi connectivity index (χ3v) is 11.0. The first-order valence-electron chi connectivity index (χ1n) is 17.8. The van der Waals surface area contributed by atoms with Crippen LogP contribution in [0.1, 0.15) is 0 Å². The van der Waals surface area contributed by atoms with Crippen LogP contribution >= 0.6 is 0 Å². The first-order valence-corrected chi connectivity index (χ1v) is 17.8. The van der Waals surface area contributed by atoms with Gasteiger partial charge in [0.2, 0.25) is 23.0 Å². The summed E-state index contributed by atoms with van der Waals surface area (Å²) in [6, 6.07) is 42.2. The summed E-state index contributed by atoms with van der Waals surface area (Å²) in [5, 5.41) is 98.2. The van der Waals surface area contributed by atoms with Gasteiger partial charge in [-0.1, -0.05) is 109 Å². The van der Waals surface area contributed by atoms with Crippen molar-refractivity contribution >= 4 is 64.6 Å². The van der Waals surface area contributed by atoms with Gasteiger partial charge in [0, 0.05) is 32.7 Å². The maximum absolute atomic E-state index is 11.8. The Morgan fingerprint density at radius 1 is 0.250 bits per heavy atom. The van der Waals surface area contributed by atoms with Crippen molar-refractivity contribution in [3.63, 3.8) is 0 Å². The third-order valence-electron chi connectivity index (χ3n) is 11.0. The summed E-state index contributed by atoms with van der Waals surface area (Å²) in [6.07, 6.45) is 0. The van der Waals surface area contributed by atoms with E-state index >= 15 is 0 Å². The van der Waals surface area contributed by atoms with Gasteiger partial charge in [0.1, 0.15) is 0 Å². The second kappa shape index (κ2) is 11.8. The number of phenolic OH excluding ortho intramolecular Hbond substituents is 8. The Morgan fingerprint density at radius 2 is 0.732 bits per heavy atom. The van der Waals surface area contributed by atoms with Crippen LogP contribution in [0.4, 0.5) is 0 Å². The molecule has 0 radical (unpaired) electrons. The maximum Gasteiger partial charge on any atom is 0.204 e. The average Bonchev–Trinajstić information content (AvgIpc) is 3.24. The van der Waals surface area contributed by atoms with Crippen LogP contribution in [0.25, 0.3) is 98.0 Å². The minimum Gasteiger partial charge on any atom is -0.504 e. The Labute approximate surface area is 317 Å². The highest BCUT2D eigenvalue weighted by Crippen LogP contribution is 2.62. The quantitative estimate of drug-likeness (QED) is 0.0385. The minimum atomic E-state index is -1.02. The third kappa shape index (κ3) is 4.53. The number of hydrogen-bond donors (Lipinski definition) is 8. The van der Waals surface area contributed by atoms with Gasteiger partial charge in [-0.05, 0) is 89.6 Å². The van der Waals surface area contributed by atoms with E-state index in [0.717, 1.165) is 48.8 Å². The SMILES string of the molecule is Oc1c(O)c(O)c2c(-c3cccc4c3ccc3cc5ccccc5cc34)c3c(O)c(O)c(O)c(O)c3c(-c3cccc(-c4ccc5ccccc5c4)c3)c2c1O. The lowest BCUT2D eigenvalue weighted by molar-refractivity contribution is 0.350. The van der Waals surface area contributed by atoms with Gasteiger partial charge in [-0.2, -0.15) is 0 Å². The molecule has 0 aromatic heterocycles. The molecule has 0 aliphatic heterocycles. The van der Waals surface area contributed by atoms with Crippen molar-refractivity contribution in [1.29, 1.82) is 0 Å². The van der Waals surface area contributed by atoms with Crippen LogP contribution in [0.5, 0.6) is 46.0 Å². The van der Waals surface area contributed by atoms with Crippen molar-refractivity contribution in [3.05, 3.63) is 133 Å². The normalized spacial score (nSPS) is 11.8. The molecule has 0 fully saturated rings. The molecule has 8 nitrogen and oxygen atoms in total. The van der Waals surface area contributed by atoms with E-state index in [-0.39, 0.29) is 32.7 Å². The lowest BCUT2D eigenvalue weighted by atomic mass is 9.82. The van der Waals surface area contributed by atoms with Gasteiger partial charge in [0.15, 0.2) is 23.0 Å². The Bertz CT molecular complexity index is 3270. The molecule has 0 aliphatic rings. The molecule has 270 valence electrons. The zero-order valence-corrected chi connectivity index (χ0v) is 29.3. The van der Waals surface area contributed by atoms with E-state index in [1.807, 2.05) is 91.0 Å². The predicted molar refractivity (Wildman–Crippen MR) is 221 cm³/mol. The van der Waals surface area contributed by atoms with Crippen LogP contribution in [-0.4, -0.2) is 40.9 Å². The fourth-order valence-electron chi connectivity index (χ4n) is 8.40. The molecule has 0 spiro atoms. The number of rotatable bonds is 3. The number of benzene rings is 10. The summed E-state index contributed by atoms with van der Waals surface area (Å²) in [5.41, 5.74) is 2.28. The zero-order valence-electron chi connectivity index (χ0n) is 29.3. The van der Waals surface area contributed by atoms with Gasteiger partial charge >= 0.3 is 0 Å². The van der Waals surface area contributed by atoms with Crippen molar-refractivity contribution in [2.75, 3.05) is 0 Å². The van der Waals surface area contributed by atoms with Crippen molar-refractivity contribution in [2.45, 2.75) is 0 Å². The number of hydrogen-bond acceptors (Lipinski definition) is 8. The van der Waals surface area contributed by atoms with E-state index in [9.17, 15) is 40.9 Å². The van der Waals surface area contributed by atoms with Crippen LogP contribution in [0, 0.1) is 0 Å². The highest BCUT2D eigenvalue weighted by molar-refractivity contribution is 6.31. The standard InChI is InChI=1S/C48H30O8/c49-41-37-35(30-12-5-11-26(21-30)28-16-15-23-7-1-2-8-24(23)19-28)38-40(44(52)48(56)46(54)42(38)50)36(39(37)43(51)47(55)45(41)53)33-14-6-13-31-32(33)18-17-29-20-25-9-3-4-10-27(25)22-34(29)31/h1-22,49-56H. The highest BCUT2D eigenvalue weighted by atomic mass is 16.4. The van der Waals surface area contributed by atoms with Gasteiger partial charge in [-0.3, -0.25) is 0 Å². The van der Waals surface area contributed by atoms with Gasteiger partial charge in [0.25, 0.3) is 0 Å². The largest absolute Gasteiger partial charge is 0.504 e. The van der Waals surface area contributed by atoms with E-state index < -0.39 is 46.0 Å². The summed E-state index contributed by atoms with van der Waals surface area (Å²) in [4.78, 5) is 0. The second-order valence-electron chi connectivity index (χ2n) is 14.1. The molecule has 56 heavy (non-hydrogen) atoms. The van der Waals surface area contributed by atoms with E-state index in [4.69, 9.17) is 0 Å². The average molecular weight is 735 g/mol. The molecule has 0 aliphatic carbocycles. The predicted octanol–water partition coefficient (Wildman–Crippen LogP) is 11.3. The fourth-order valence-corrected chi connectivity index (χ4v) is 8.40. The van der Waals surface area contributed by atoms with Gasteiger partial charge in [-0.15, -0.1) is 0 Å². The van der Waals surface area contributed by atoms with Gasteiger partial charge in [0.05, 0.1) is 0 Å². The van der Waals surface area contributed by atoms with E-state index in [2.05, 4.69) is 12.1 Å². The molecular formula is C48H30O8. The summed E-state index contributed by atoms with van der Waals surface area (Å²) < 4.78 is 0. The Balaban J connectivity index is 1.38. The Hall–Kier alpha value is -7.84. The smallest absolute Gasteiger partial charge is 0.204 e. The van der Waals surface area contributed by atoms with Crippen LogP contribution in [0.2, 0.25) is 0 Å². The number of phenols is 8. The summed E-state index contributed by atoms with van der Waals surface area (Å²) >= 11 is 0. The highest BCUT2D eigenvalue weighted by Gasteiger charge is 2.33. The molecule has 0 unspecified atom stereocenters. The molecule has 10 aromatic rings. The van der Waals surface area contributed by atoms with Crippen molar-refractivity contribution in [3.8, 4) is 79.4 Å². The molecule has 0 atom stereocenters. The van der Waals surface area contributed by atoms with Crippen LogP contribution < -0.4 is 0 Å². The van der Waals surface area contributed by atoms with Crippen molar-refractivity contribution < 1.29 is 40.9 Å². The van der Waals surface area contributed by atoms with E-state index in [1.165, 1.54) is 0 Å². The lowest BCUT2D eigenvalue weighted by Gasteiger charge is -2.23. The molecular weight excluding hydrogens is 705 g/mol. The van der Waals surface area contributed by atoms with Crippen LogP contribution in [0.3, 0.4) is 0 Å². The topological polar surface area (TPSA) is 162 Å². The maximum atomic E-state index is 11.8. The molecule has 8 heteroatoms. The molecule has 10 rings (SSSR count). The minimum absolute atomic E-state index is 0.00127. The van der Waals surface area contributed by atoms with Gasteiger partial charge in [-0.25, -0.2) is 0 Å². The molecule has 0 saturated carbocycles. The first kappa shape index (κ1) is 32.8. The summed E-state index contributed by atoms with van der Waals surface area (Å²) in [5.74, 6) is -7.37. The fraction of sp³-hybridized carbons (Fsp3) is 0. The number of aromatic hydroxyl groups is 8. The summed E-state index contributed by atoms with van der Waals surface area (Å²) in [7, 11) is 0. The van der Waals surface area contributed by atoms with Crippen LogP contribution in [-0.2, 0) is 0 Å². The zero-order chi connectivity index (χ0) is 38.6. The summed E-state index contributed by atoms with van der Waals surface area (Å²) in [6.45, 7) is 0. The van der Waals surface area contributed by atoms with Crippen molar-refractivity contribution in [2.24, 2.45) is 0 Å².